The molecule has 1 aromatic carbocycles. The van der Waals surface area contributed by atoms with Gasteiger partial charge < -0.3 is 15.0 Å². The second-order valence-electron chi connectivity index (χ2n) is 8.77. The molecule has 7 heteroatoms. The first-order chi connectivity index (χ1) is 14.7. The highest BCUT2D eigenvalue weighted by molar-refractivity contribution is 5.75. The number of benzene rings is 1. The van der Waals surface area contributed by atoms with Gasteiger partial charge in [-0.3, -0.25) is 4.57 Å². The smallest absolute Gasteiger partial charge is 0.326 e. The van der Waals surface area contributed by atoms with E-state index in [-0.39, 0.29) is 17.6 Å². The van der Waals surface area contributed by atoms with E-state index in [0.717, 1.165) is 68.2 Å². The predicted octanol–water partition coefficient (Wildman–Crippen LogP) is 3.05. The average molecular weight is 408 g/mol. The Balaban J connectivity index is 1.18. The Kier molecular flexibility index (Phi) is 5.39. The maximum Gasteiger partial charge on any atom is 0.326 e. The van der Waals surface area contributed by atoms with E-state index < -0.39 is 6.10 Å². The van der Waals surface area contributed by atoms with Crippen molar-refractivity contribution in [3.63, 3.8) is 0 Å². The lowest BCUT2D eigenvalue weighted by Crippen LogP contribution is -2.44. The van der Waals surface area contributed by atoms with Crippen LogP contribution >= 0.6 is 0 Å². The number of nitrogens with one attached hydrogen (secondary N) is 1. The van der Waals surface area contributed by atoms with Crippen molar-refractivity contribution in [2.24, 2.45) is 5.92 Å². The summed E-state index contributed by atoms with van der Waals surface area (Å²) in [4.78, 5) is 26.2. The molecule has 2 N–H and O–H groups in total. The molecule has 3 heterocycles. The van der Waals surface area contributed by atoms with Crippen molar-refractivity contribution < 1.29 is 5.11 Å². The molecule has 2 aromatic heterocycles. The van der Waals surface area contributed by atoms with Crippen molar-refractivity contribution in [3.05, 3.63) is 59.0 Å². The maximum atomic E-state index is 12.5. The summed E-state index contributed by atoms with van der Waals surface area (Å²) in [6.07, 6.45) is 10.8. The highest BCUT2D eigenvalue weighted by Crippen LogP contribution is 2.37. The van der Waals surface area contributed by atoms with Crippen LogP contribution in [0.3, 0.4) is 0 Å². The zero-order chi connectivity index (χ0) is 20.5. The first kappa shape index (κ1) is 19.5. The number of fused-ring (bicyclic) bond motifs is 1. The summed E-state index contributed by atoms with van der Waals surface area (Å²) >= 11 is 0. The molecule has 7 nitrogen and oxygen atoms in total. The number of rotatable bonds is 4. The maximum absolute atomic E-state index is 12.5. The standard InChI is InChI=1S/C23H29N5O2/c29-22(17-13-24-15-25-14-17)16-5-7-18(8-6-16)27-11-9-19(10-12-27)28-21-4-2-1-3-20(21)26-23(28)30/h1-4,13-16,18-19,22,29H,5-12H2,(H,26,30)/t16-,18-,22?. The van der Waals surface area contributed by atoms with Crippen LogP contribution < -0.4 is 5.69 Å². The van der Waals surface area contributed by atoms with Crippen molar-refractivity contribution in [1.82, 2.24) is 24.4 Å². The molecule has 1 atom stereocenters. The summed E-state index contributed by atoms with van der Waals surface area (Å²) in [7, 11) is 0. The molecular formula is C23H29N5O2. The number of imidazole rings is 1. The molecule has 0 spiro atoms. The molecule has 2 fully saturated rings. The number of aliphatic hydroxyl groups is 1. The van der Waals surface area contributed by atoms with E-state index in [0.29, 0.717) is 6.04 Å². The van der Waals surface area contributed by atoms with Crippen LogP contribution in [0.25, 0.3) is 11.0 Å². The van der Waals surface area contributed by atoms with Gasteiger partial charge >= 0.3 is 5.69 Å². The van der Waals surface area contributed by atoms with Gasteiger partial charge in [0.05, 0.1) is 17.1 Å². The van der Waals surface area contributed by atoms with E-state index in [2.05, 4.69) is 19.9 Å². The molecule has 3 aromatic rings. The molecule has 1 unspecified atom stereocenters. The lowest BCUT2D eigenvalue weighted by atomic mass is 9.80. The van der Waals surface area contributed by atoms with Gasteiger partial charge in [-0.25, -0.2) is 14.8 Å². The third-order valence-electron chi connectivity index (χ3n) is 7.11. The predicted molar refractivity (Wildman–Crippen MR) is 115 cm³/mol. The zero-order valence-corrected chi connectivity index (χ0v) is 17.2. The molecule has 0 amide bonds. The monoisotopic (exact) mass is 407 g/mol. The minimum atomic E-state index is -0.466. The number of para-hydroxylation sites is 2. The number of H-pyrrole nitrogens is 1. The van der Waals surface area contributed by atoms with Gasteiger partial charge in [0.15, 0.2) is 0 Å². The number of nitrogens with zero attached hydrogens (tertiary/aromatic N) is 4. The van der Waals surface area contributed by atoms with Gasteiger partial charge in [-0.15, -0.1) is 0 Å². The summed E-state index contributed by atoms with van der Waals surface area (Å²) in [5.74, 6) is 0.287. The summed E-state index contributed by atoms with van der Waals surface area (Å²) in [5, 5.41) is 10.7. The molecule has 1 aliphatic heterocycles. The van der Waals surface area contributed by atoms with Crippen molar-refractivity contribution in [1.29, 1.82) is 0 Å². The van der Waals surface area contributed by atoms with Crippen molar-refractivity contribution in [3.8, 4) is 0 Å². The molecule has 158 valence electrons. The van der Waals surface area contributed by atoms with Gasteiger partial charge in [0, 0.05) is 43.1 Å². The normalized spacial score (nSPS) is 24.8. The quantitative estimate of drug-likeness (QED) is 0.694. The fourth-order valence-corrected chi connectivity index (χ4v) is 5.46. The second kappa shape index (κ2) is 8.32. The third-order valence-corrected chi connectivity index (χ3v) is 7.11. The van der Waals surface area contributed by atoms with E-state index in [9.17, 15) is 9.90 Å². The van der Waals surface area contributed by atoms with Gasteiger partial charge in [0.25, 0.3) is 0 Å². The Morgan fingerprint density at radius 3 is 2.40 bits per heavy atom. The van der Waals surface area contributed by atoms with E-state index in [4.69, 9.17) is 0 Å². The first-order valence-corrected chi connectivity index (χ1v) is 11.1. The minimum Gasteiger partial charge on any atom is -0.388 e. The Labute approximate surface area is 175 Å². The van der Waals surface area contributed by atoms with Crippen LogP contribution in [-0.2, 0) is 0 Å². The average Bonchev–Trinajstić information content (AvgIpc) is 3.15. The van der Waals surface area contributed by atoms with Crippen LogP contribution in [0.4, 0.5) is 0 Å². The fraction of sp³-hybridized carbons (Fsp3) is 0.522. The van der Waals surface area contributed by atoms with E-state index >= 15 is 0 Å². The van der Waals surface area contributed by atoms with E-state index in [1.807, 2.05) is 28.8 Å². The van der Waals surface area contributed by atoms with Gasteiger partial charge in [-0.1, -0.05) is 12.1 Å². The van der Waals surface area contributed by atoms with Crippen molar-refractivity contribution in [2.75, 3.05) is 13.1 Å². The molecule has 30 heavy (non-hydrogen) atoms. The molecule has 0 bridgehead atoms. The van der Waals surface area contributed by atoms with Gasteiger partial charge in [0.2, 0.25) is 0 Å². The van der Waals surface area contributed by atoms with Crippen molar-refractivity contribution in [2.45, 2.75) is 56.7 Å². The molecule has 5 rings (SSSR count). The summed E-state index contributed by atoms with van der Waals surface area (Å²) < 4.78 is 1.96. The second-order valence-corrected chi connectivity index (χ2v) is 8.77. The van der Waals surface area contributed by atoms with Gasteiger partial charge in [0.1, 0.15) is 6.33 Å². The highest BCUT2D eigenvalue weighted by Gasteiger charge is 2.32. The molecule has 2 aliphatic rings. The molecule has 0 radical (unpaired) electrons. The number of hydrogen-bond acceptors (Lipinski definition) is 5. The molecular weight excluding hydrogens is 378 g/mol. The summed E-state index contributed by atoms with van der Waals surface area (Å²) in [5.41, 5.74) is 2.77. The topological polar surface area (TPSA) is 87.0 Å². The number of aromatic nitrogens is 4. The fourth-order valence-electron chi connectivity index (χ4n) is 5.46. The Morgan fingerprint density at radius 1 is 0.967 bits per heavy atom. The number of aromatic amines is 1. The van der Waals surface area contributed by atoms with Crippen LogP contribution in [0.5, 0.6) is 0 Å². The van der Waals surface area contributed by atoms with Gasteiger partial charge in [-0.05, 0) is 56.6 Å². The lowest BCUT2D eigenvalue weighted by molar-refractivity contribution is 0.0446. The number of aliphatic hydroxyl groups excluding tert-OH is 1. The molecule has 1 saturated carbocycles. The Hall–Kier alpha value is -2.51. The molecule has 1 saturated heterocycles. The van der Waals surface area contributed by atoms with Crippen LogP contribution in [0, 0.1) is 5.92 Å². The molecule has 1 aliphatic carbocycles. The zero-order valence-electron chi connectivity index (χ0n) is 17.2. The Morgan fingerprint density at radius 2 is 1.67 bits per heavy atom. The van der Waals surface area contributed by atoms with Crippen LogP contribution in [0.2, 0.25) is 0 Å². The highest BCUT2D eigenvalue weighted by atomic mass is 16.3. The summed E-state index contributed by atoms with van der Waals surface area (Å²) in [6, 6.07) is 8.81. The number of likely N-dealkylation sites (tertiary alicyclic amines) is 1. The number of piperidine rings is 1. The SMILES string of the molecule is O=c1[nH]c2ccccc2n1C1CCN([C@H]2CC[C@H](C(O)c3cncnc3)CC2)CC1. The van der Waals surface area contributed by atoms with E-state index in [1.165, 1.54) is 6.33 Å². The van der Waals surface area contributed by atoms with Gasteiger partial charge in [-0.2, -0.15) is 0 Å². The van der Waals surface area contributed by atoms with Crippen LogP contribution in [-0.4, -0.2) is 48.7 Å². The van der Waals surface area contributed by atoms with Crippen molar-refractivity contribution >= 4 is 11.0 Å². The van der Waals surface area contributed by atoms with Crippen LogP contribution in [0.1, 0.15) is 56.2 Å². The summed E-state index contributed by atoms with van der Waals surface area (Å²) in [6.45, 7) is 2.06. The number of hydrogen-bond donors (Lipinski definition) is 2. The minimum absolute atomic E-state index is 0.00837. The lowest BCUT2D eigenvalue weighted by Gasteiger charge is -2.41. The van der Waals surface area contributed by atoms with Crippen LogP contribution in [0.15, 0.2) is 47.8 Å². The third kappa shape index (κ3) is 3.68. The first-order valence-electron chi connectivity index (χ1n) is 11.1. The van der Waals surface area contributed by atoms with E-state index in [1.54, 1.807) is 12.4 Å². The Bertz CT molecular complexity index is 1030. The largest absolute Gasteiger partial charge is 0.388 e.